The molecule has 1 unspecified atom stereocenters. The largest absolute Gasteiger partial charge is 0.324 e. The first kappa shape index (κ1) is 11.2. The number of hydrogen-bond acceptors (Lipinski definition) is 3. The first-order chi connectivity index (χ1) is 6.49. The highest BCUT2D eigenvalue weighted by Crippen LogP contribution is 2.21. The van der Waals surface area contributed by atoms with E-state index in [2.05, 4.69) is 0 Å². The molecule has 0 spiro atoms. The van der Waals surface area contributed by atoms with Crippen molar-refractivity contribution in [1.82, 2.24) is 0 Å². The van der Waals surface area contributed by atoms with Crippen LogP contribution in [0, 0.1) is 0 Å². The van der Waals surface area contributed by atoms with Crippen LogP contribution in [0.4, 0.5) is 0 Å². The first-order valence-electron chi connectivity index (χ1n) is 4.56. The fourth-order valence-electron chi connectivity index (χ4n) is 1.30. The molecule has 0 aliphatic carbocycles. The lowest BCUT2D eigenvalue weighted by molar-refractivity contribution is 0.594. The van der Waals surface area contributed by atoms with E-state index in [9.17, 15) is 8.42 Å². The van der Waals surface area contributed by atoms with E-state index in [4.69, 9.17) is 5.73 Å². The molecule has 3 nitrogen and oxygen atoms in total. The van der Waals surface area contributed by atoms with Gasteiger partial charge in [0.1, 0.15) is 0 Å². The molecule has 0 saturated heterocycles. The Morgan fingerprint density at radius 1 is 1.36 bits per heavy atom. The molecule has 0 aliphatic heterocycles. The molecule has 14 heavy (non-hydrogen) atoms. The van der Waals surface area contributed by atoms with Crippen LogP contribution in [0.3, 0.4) is 0 Å². The Kier molecular flexibility index (Phi) is 3.29. The second kappa shape index (κ2) is 4.11. The van der Waals surface area contributed by atoms with E-state index in [1.165, 1.54) is 0 Å². The molecular weight excluding hydrogens is 198 g/mol. The highest BCUT2D eigenvalue weighted by atomic mass is 32.2. The molecule has 0 aliphatic rings. The van der Waals surface area contributed by atoms with E-state index in [-0.39, 0.29) is 11.8 Å². The van der Waals surface area contributed by atoms with Gasteiger partial charge in [0.15, 0.2) is 9.84 Å². The van der Waals surface area contributed by atoms with Gasteiger partial charge in [0.05, 0.1) is 10.6 Å². The van der Waals surface area contributed by atoms with Gasteiger partial charge >= 0.3 is 0 Å². The molecule has 0 saturated carbocycles. The molecule has 0 amide bonds. The lowest BCUT2D eigenvalue weighted by Gasteiger charge is -2.11. The van der Waals surface area contributed by atoms with Gasteiger partial charge in [-0.2, -0.15) is 0 Å². The highest BCUT2D eigenvalue weighted by molar-refractivity contribution is 7.91. The molecule has 0 fully saturated rings. The summed E-state index contributed by atoms with van der Waals surface area (Å²) in [5.41, 5.74) is 6.39. The number of rotatable bonds is 3. The summed E-state index contributed by atoms with van der Waals surface area (Å²) < 4.78 is 23.3. The summed E-state index contributed by atoms with van der Waals surface area (Å²) >= 11 is 0. The number of nitrogens with two attached hydrogens (primary N) is 1. The van der Waals surface area contributed by atoms with Crippen molar-refractivity contribution < 1.29 is 8.42 Å². The molecule has 78 valence electrons. The molecule has 1 aromatic rings. The highest BCUT2D eigenvalue weighted by Gasteiger charge is 2.17. The third kappa shape index (κ3) is 2.13. The van der Waals surface area contributed by atoms with Crippen molar-refractivity contribution in [1.29, 1.82) is 0 Å². The second-order valence-corrected chi connectivity index (χ2v) is 5.48. The van der Waals surface area contributed by atoms with E-state index >= 15 is 0 Å². The summed E-state index contributed by atoms with van der Waals surface area (Å²) in [6.45, 7) is 3.41. The normalized spacial score (nSPS) is 13.9. The summed E-state index contributed by atoms with van der Waals surface area (Å²) in [5, 5.41) is 0. The van der Waals surface area contributed by atoms with E-state index in [0.29, 0.717) is 10.5 Å². The van der Waals surface area contributed by atoms with Gasteiger partial charge in [0.2, 0.25) is 0 Å². The Balaban J connectivity index is 3.35. The Morgan fingerprint density at radius 3 is 2.43 bits per heavy atom. The summed E-state index contributed by atoms with van der Waals surface area (Å²) in [4.78, 5) is 0.359. The Bertz CT molecular complexity index is 410. The van der Waals surface area contributed by atoms with Gasteiger partial charge in [-0.05, 0) is 18.6 Å². The fourth-order valence-corrected chi connectivity index (χ4v) is 2.51. The van der Waals surface area contributed by atoms with Crippen LogP contribution in [-0.2, 0) is 9.84 Å². The molecule has 1 rings (SSSR count). The minimum atomic E-state index is -3.15. The van der Waals surface area contributed by atoms with E-state index in [0.717, 1.165) is 0 Å². The first-order valence-corrected chi connectivity index (χ1v) is 6.21. The van der Waals surface area contributed by atoms with Gasteiger partial charge in [-0.15, -0.1) is 0 Å². The maximum Gasteiger partial charge on any atom is 0.178 e. The van der Waals surface area contributed by atoms with Crippen molar-refractivity contribution in [2.75, 3.05) is 5.75 Å². The van der Waals surface area contributed by atoms with Gasteiger partial charge < -0.3 is 5.73 Å². The number of benzene rings is 1. The number of sulfone groups is 1. The lowest BCUT2D eigenvalue weighted by Crippen LogP contribution is -2.13. The second-order valence-electron chi connectivity index (χ2n) is 3.23. The number of hydrogen-bond donors (Lipinski definition) is 1. The van der Waals surface area contributed by atoms with Crippen LogP contribution in [0.25, 0.3) is 0 Å². The van der Waals surface area contributed by atoms with E-state index in [1.807, 2.05) is 0 Å². The van der Waals surface area contributed by atoms with Gasteiger partial charge in [0, 0.05) is 6.04 Å². The van der Waals surface area contributed by atoms with Crippen molar-refractivity contribution in [2.24, 2.45) is 5.73 Å². The molecule has 0 bridgehead atoms. The van der Waals surface area contributed by atoms with Crippen molar-refractivity contribution in [2.45, 2.75) is 24.8 Å². The molecule has 2 N–H and O–H groups in total. The minimum absolute atomic E-state index is 0.108. The fraction of sp³-hybridized carbons (Fsp3) is 0.400. The maximum absolute atomic E-state index is 11.7. The van der Waals surface area contributed by atoms with Crippen LogP contribution in [0.1, 0.15) is 25.5 Å². The van der Waals surface area contributed by atoms with Gasteiger partial charge in [0.25, 0.3) is 0 Å². The maximum atomic E-state index is 11.7. The molecule has 0 aromatic heterocycles. The van der Waals surface area contributed by atoms with Crippen molar-refractivity contribution >= 4 is 9.84 Å². The summed E-state index contributed by atoms with van der Waals surface area (Å²) in [7, 11) is -3.15. The average Bonchev–Trinajstić information content (AvgIpc) is 2.18. The van der Waals surface area contributed by atoms with Crippen LogP contribution in [-0.4, -0.2) is 14.2 Å². The zero-order chi connectivity index (χ0) is 10.8. The third-order valence-electron chi connectivity index (χ3n) is 2.12. The molecule has 1 atom stereocenters. The van der Waals surface area contributed by atoms with Gasteiger partial charge in [-0.1, -0.05) is 25.1 Å². The molecule has 0 heterocycles. The van der Waals surface area contributed by atoms with E-state index < -0.39 is 9.84 Å². The van der Waals surface area contributed by atoms with Crippen LogP contribution >= 0.6 is 0 Å². The van der Waals surface area contributed by atoms with Crippen molar-refractivity contribution in [3.8, 4) is 0 Å². The van der Waals surface area contributed by atoms with Crippen LogP contribution in [0.15, 0.2) is 29.2 Å². The Morgan fingerprint density at radius 2 is 1.93 bits per heavy atom. The molecular formula is C10H15NO2S. The standard InChI is InChI=1S/C10H15NO2S/c1-3-14(12,13)10-7-5-4-6-9(10)8(2)11/h4-8H,3,11H2,1-2H3. The smallest absolute Gasteiger partial charge is 0.178 e. The third-order valence-corrected chi connectivity index (χ3v) is 3.93. The van der Waals surface area contributed by atoms with Crippen LogP contribution in [0.5, 0.6) is 0 Å². The Hall–Kier alpha value is -0.870. The zero-order valence-electron chi connectivity index (χ0n) is 8.40. The van der Waals surface area contributed by atoms with Crippen LogP contribution in [0.2, 0.25) is 0 Å². The van der Waals surface area contributed by atoms with Crippen molar-refractivity contribution in [3.63, 3.8) is 0 Å². The average molecular weight is 213 g/mol. The predicted octanol–water partition coefficient (Wildman–Crippen LogP) is 1.50. The van der Waals surface area contributed by atoms with Gasteiger partial charge in [-0.3, -0.25) is 0 Å². The van der Waals surface area contributed by atoms with Crippen molar-refractivity contribution in [3.05, 3.63) is 29.8 Å². The summed E-state index contributed by atoms with van der Waals surface area (Å²) in [5.74, 6) is 0.108. The summed E-state index contributed by atoms with van der Waals surface area (Å²) in [6.07, 6.45) is 0. The Labute approximate surface area is 84.9 Å². The van der Waals surface area contributed by atoms with E-state index in [1.54, 1.807) is 38.1 Å². The molecule has 4 heteroatoms. The topological polar surface area (TPSA) is 60.2 Å². The van der Waals surface area contributed by atoms with Crippen LogP contribution < -0.4 is 5.73 Å². The zero-order valence-corrected chi connectivity index (χ0v) is 9.21. The lowest BCUT2D eigenvalue weighted by atomic mass is 10.1. The summed E-state index contributed by atoms with van der Waals surface area (Å²) in [6, 6.07) is 6.62. The molecule has 1 aromatic carbocycles. The quantitative estimate of drug-likeness (QED) is 0.827. The SMILES string of the molecule is CCS(=O)(=O)c1ccccc1C(C)N. The predicted molar refractivity (Wildman–Crippen MR) is 56.8 cm³/mol. The minimum Gasteiger partial charge on any atom is -0.324 e. The van der Waals surface area contributed by atoms with Gasteiger partial charge in [-0.25, -0.2) is 8.42 Å². The monoisotopic (exact) mass is 213 g/mol. The molecule has 0 radical (unpaired) electrons.